The Morgan fingerprint density at radius 2 is 1.94 bits per heavy atom. The first-order valence-electron chi connectivity index (χ1n) is 12.0. The van der Waals surface area contributed by atoms with Gasteiger partial charge in [-0.15, -0.1) is 0 Å². The van der Waals surface area contributed by atoms with Gasteiger partial charge in [0.05, 0.1) is 12.3 Å². The molecular formula is C26H36N4O2. The summed E-state index contributed by atoms with van der Waals surface area (Å²) in [4.78, 5) is 27.0. The summed E-state index contributed by atoms with van der Waals surface area (Å²) in [6, 6.07) is 8.63. The maximum Gasteiger partial charge on any atom is 0.225 e. The standard InChI is InChI=1S/C26H36N4O2/c1-5-19(3)24-27-23(17-32-4)22(16-20-8-6-7-18(2)15-20)25(28-24)29-11-13-30(14-12-29)26(31)21-9-10-21/h6-8,15,19,21H,5,9-14,16-17H2,1-4H3/t19-/m1/s1. The van der Waals surface area contributed by atoms with E-state index in [4.69, 9.17) is 14.7 Å². The average Bonchev–Trinajstić information content (AvgIpc) is 3.65. The molecular weight excluding hydrogens is 400 g/mol. The number of benzene rings is 1. The van der Waals surface area contributed by atoms with Gasteiger partial charge in [-0.3, -0.25) is 4.79 Å². The predicted molar refractivity (Wildman–Crippen MR) is 127 cm³/mol. The highest BCUT2D eigenvalue weighted by Gasteiger charge is 2.35. The second-order valence-corrected chi connectivity index (χ2v) is 9.33. The molecule has 1 aromatic carbocycles. The van der Waals surface area contributed by atoms with Crippen LogP contribution in [0.15, 0.2) is 24.3 Å². The second-order valence-electron chi connectivity index (χ2n) is 9.33. The van der Waals surface area contributed by atoms with Crippen LogP contribution in [0.1, 0.15) is 67.2 Å². The summed E-state index contributed by atoms with van der Waals surface area (Å²) < 4.78 is 5.56. The van der Waals surface area contributed by atoms with Crippen LogP contribution >= 0.6 is 0 Å². The second kappa shape index (κ2) is 9.99. The fraction of sp³-hybridized carbons (Fsp3) is 0.577. The highest BCUT2D eigenvalue weighted by Crippen LogP contribution is 2.32. The van der Waals surface area contributed by atoms with Gasteiger partial charge in [0, 0.05) is 57.1 Å². The van der Waals surface area contributed by atoms with Gasteiger partial charge in [-0.25, -0.2) is 9.97 Å². The molecule has 2 aromatic rings. The normalized spacial score (nSPS) is 17.5. The molecule has 6 nitrogen and oxygen atoms in total. The van der Waals surface area contributed by atoms with Crippen LogP contribution in [-0.4, -0.2) is 54.1 Å². The zero-order chi connectivity index (χ0) is 22.7. The van der Waals surface area contributed by atoms with E-state index in [1.54, 1.807) is 7.11 Å². The largest absolute Gasteiger partial charge is 0.378 e. The first-order valence-corrected chi connectivity index (χ1v) is 12.0. The number of piperazine rings is 1. The van der Waals surface area contributed by atoms with E-state index in [0.717, 1.165) is 74.8 Å². The number of rotatable bonds is 8. The van der Waals surface area contributed by atoms with Gasteiger partial charge in [-0.1, -0.05) is 43.7 Å². The van der Waals surface area contributed by atoms with E-state index in [1.165, 1.54) is 11.1 Å². The van der Waals surface area contributed by atoms with Crippen molar-refractivity contribution in [3.05, 3.63) is 52.5 Å². The number of anilines is 1. The third-order valence-corrected chi connectivity index (χ3v) is 6.70. The van der Waals surface area contributed by atoms with E-state index < -0.39 is 0 Å². The molecule has 4 rings (SSSR count). The minimum atomic E-state index is 0.280. The number of methoxy groups -OCH3 is 1. The molecule has 1 saturated heterocycles. The topological polar surface area (TPSA) is 58.6 Å². The number of ether oxygens (including phenoxy) is 1. The Kier molecular flexibility index (Phi) is 7.09. The van der Waals surface area contributed by atoms with Crippen LogP contribution in [0, 0.1) is 12.8 Å². The van der Waals surface area contributed by atoms with Crippen molar-refractivity contribution in [2.24, 2.45) is 5.92 Å². The predicted octanol–water partition coefficient (Wildman–Crippen LogP) is 4.09. The Hall–Kier alpha value is -2.47. The molecule has 0 radical (unpaired) electrons. The van der Waals surface area contributed by atoms with Crippen molar-refractivity contribution in [3.8, 4) is 0 Å². The van der Waals surface area contributed by atoms with Crippen molar-refractivity contribution in [3.63, 3.8) is 0 Å². The van der Waals surface area contributed by atoms with Crippen LogP contribution in [-0.2, 0) is 22.6 Å². The molecule has 0 N–H and O–H groups in total. The Morgan fingerprint density at radius 3 is 2.56 bits per heavy atom. The Balaban J connectivity index is 1.67. The quantitative estimate of drug-likeness (QED) is 0.624. The third kappa shape index (κ3) is 5.12. The molecule has 172 valence electrons. The zero-order valence-corrected chi connectivity index (χ0v) is 19.9. The molecule has 0 spiro atoms. The average molecular weight is 437 g/mol. The van der Waals surface area contributed by atoms with Gasteiger partial charge in [-0.2, -0.15) is 0 Å². The Morgan fingerprint density at radius 1 is 1.19 bits per heavy atom. The van der Waals surface area contributed by atoms with Crippen LogP contribution in [0.3, 0.4) is 0 Å². The summed E-state index contributed by atoms with van der Waals surface area (Å²) in [7, 11) is 1.73. The summed E-state index contributed by atoms with van der Waals surface area (Å²) in [6.45, 7) is 10.1. The molecule has 2 heterocycles. The summed E-state index contributed by atoms with van der Waals surface area (Å²) >= 11 is 0. The van der Waals surface area contributed by atoms with Crippen molar-refractivity contribution in [2.75, 3.05) is 38.2 Å². The molecule has 2 aliphatic rings. The van der Waals surface area contributed by atoms with Gasteiger partial charge >= 0.3 is 0 Å². The number of hydrogen-bond donors (Lipinski definition) is 0. The minimum Gasteiger partial charge on any atom is -0.378 e. The first kappa shape index (κ1) is 22.7. The highest BCUT2D eigenvalue weighted by atomic mass is 16.5. The van der Waals surface area contributed by atoms with Crippen molar-refractivity contribution in [1.29, 1.82) is 0 Å². The van der Waals surface area contributed by atoms with Crippen LogP contribution in [0.4, 0.5) is 5.82 Å². The number of carbonyl (C=O) groups is 1. The number of hydrogen-bond acceptors (Lipinski definition) is 5. The molecule has 1 aromatic heterocycles. The lowest BCUT2D eigenvalue weighted by Gasteiger charge is -2.37. The van der Waals surface area contributed by atoms with Crippen molar-refractivity contribution in [2.45, 2.75) is 59.0 Å². The van der Waals surface area contributed by atoms with E-state index >= 15 is 0 Å². The Bertz CT molecular complexity index is 949. The molecule has 0 bridgehead atoms. The van der Waals surface area contributed by atoms with Crippen LogP contribution in [0.2, 0.25) is 0 Å². The highest BCUT2D eigenvalue weighted by molar-refractivity contribution is 5.81. The minimum absolute atomic E-state index is 0.280. The molecule has 1 amide bonds. The number of aromatic nitrogens is 2. The smallest absolute Gasteiger partial charge is 0.225 e. The van der Waals surface area contributed by atoms with E-state index in [-0.39, 0.29) is 11.8 Å². The van der Waals surface area contributed by atoms with Gasteiger partial charge in [0.25, 0.3) is 0 Å². The zero-order valence-electron chi connectivity index (χ0n) is 19.9. The number of nitrogens with zero attached hydrogens (tertiary/aromatic N) is 4. The van der Waals surface area contributed by atoms with E-state index in [1.807, 2.05) is 4.90 Å². The van der Waals surface area contributed by atoms with Gasteiger partial charge < -0.3 is 14.5 Å². The molecule has 1 aliphatic heterocycles. The van der Waals surface area contributed by atoms with Crippen LogP contribution in [0.25, 0.3) is 0 Å². The summed E-state index contributed by atoms with van der Waals surface area (Å²) in [5.41, 5.74) is 4.63. The molecule has 1 aliphatic carbocycles. The SMILES string of the molecule is CC[C@@H](C)c1nc(COC)c(Cc2cccc(C)c2)c(N2CCN(C(=O)C3CC3)CC2)n1. The lowest BCUT2D eigenvalue weighted by molar-refractivity contribution is -0.132. The van der Waals surface area contributed by atoms with Crippen LogP contribution < -0.4 is 4.90 Å². The molecule has 6 heteroatoms. The molecule has 32 heavy (non-hydrogen) atoms. The molecule has 1 saturated carbocycles. The van der Waals surface area contributed by atoms with E-state index in [9.17, 15) is 4.79 Å². The number of aryl methyl sites for hydroxylation is 1. The molecule has 1 atom stereocenters. The summed E-state index contributed by atoms with van der Waals surface area (Å²) in [6.07, 6.45) is 3.89. The van der Waals surface area contributed by atoms with Gasteiger partial charge in [0.15, 0.2) is 0 Å². The first-order chi connectivity index (χ1) is 15.5. The number of amides is 1. The van der Waals surface area contributed by atoms with E-state index in [0.29, 0.717) is 12.5 Å². The Labute approximate surface area is 192 Å². The summed E-state index contributed by atoms with van der Waals surface area (Å²) in [5, 5.41) is 0. The van der Waals surface area contributed by atoms with Gasteiger partial charge in [0.2, 0.25) is 5.91 Å². The van der Waals surface area contributed by atoms with Gasteiger partial charge in [-0.05, 0) is 31.7 Å². The van der Waals surface area contributed by atoms with E-state index in [2.05, 4.69) is 49.9 Å². The van der Waals surface area contributed by atoms with Crippen molar-refractivity contribution >= 4 is 11.7 Å². The lowest BCUT2D eigenvalue weighted by Crippen LogP contribution is -2.50. The summed E-state index contributed by atoms with van der Waals surface area (Å²) in [5.74, 6) is 2.81. The lowest BCUT2D eigenvalue weighted by atomic mass is 10.0. The molecule has 0 unspecified atom stereocenters. The van der Waals surface area contributed by atoms with Gasteiger partial charge in [0.1, 0.15) is 11.6 Å². The van der Waals surface area contributed by atoms with Crippen molar-refractivity contribution < 1.29 is 9.53 Å². The van der Waals surface area contributed by atoms with Crippen molar-refractivity contribution in [1.82, 2.24) is 14.9 Å². The maximum absolute atomic E-state index is 12.5. The van der Waals surface area contributed by atoms with Crippen LogP contribution in [0.5, 0.6) is 0 Å². The maximum atomic E-state index is 12.5. The number of carbonyl (C=O) groups excluding carboxylic acids is 1. The fourth-order valence-corrected chi connectivity index (χ4v) is 4.39. The monoisotopic (exact) mass is 436 g/mol. The molecule has 2 fully saturated rings. The third-order valence-electron chi connectivity index (χ3n) is 6.70. The fourth-order valence-electron chi connectivity index (χ4n) is 4.39.